The van der Waals surface area contributed by atoms with E-state index in [-0.39, 0.29) is 37.9 Å². The lowest BCUT2D eigenvalue weighted by Crippen LogP contribution is -2.50. The number of nitrogens with zero attached hydrogens (tertiary/aromatic N) is 2. The van der Waals surface area contributed by atoms with E-state index in [9.17, 15) is 20.0 Å². The molecule has 6 rings (SSSR count). The molecule has 3 heterocycles. The first-order valence-corrected chi connectivity index (χ1v) is 16.6. The van der Waals surface area contributed by atoms with Crippen molar-refractivity contribution < 1.29 is 43.2 Å². The molecule has 0 bridgehead atoms. The number of hydrogen-bond donors (Lipinski definition) is 2. The molecule has 13 heteroatoms. The van der Waals surface area contributed by atoms with Crippen molar-refractivity contribution >= 4 is 11.8 Å². The number of amides is 1. The Labute approximate surface area is 285 Å². The third-order valence-corrected chi connectivity index (χ3v) is 8.83. The molecule has 49 heavy (non-hydrogen) atoms. The summed E-state index contributed by atoms with van der Waals surface area (Å²) in [6, 6.07) is 18.8. The van der Waals surface area contributed by atoms with E-state index >= 15 is 0 Å². The van der Waals surface area contributed by atoms with Gasteiger partial charge in [-0.1, -0.05) is 44.2 Å². The molecule has 2 N–H and O–H groups in total. The van der Waals surface area contributed by atoms with Gasteiger partial charge in [-0.2, -0.15) is 0 Å². The lowest BCUT2D eigenvalue weighted by Gasteiger charge is -2.31. The van der Waals surface area contributed by atoms with Gasteiger partial charge in [-0.3, -0.25) is 15.0 Å². The van der Waals surface area contributed by atoms with Crippen LogP contribution in [0.2, 0.25) is 0 Å². The number of alkyl carbamates (subject to hydrolysis) is 1. The van der Waals surface area contributed by atoms with Crippen molar-refractivity contribution in [1.82, 2.24) is 10.2 Å². The predicted octanol–water partition coefficient (Wildman–Crippen LogP) is 4.82. The second-order valence-electron chi connectivity index (χ2n) is 13.1. The second kappa shape index (κ2) is 15.9. The molecular weight excluding hydrogens is 634 g/mol. The first kappa shape index (κ1) is 34.4. The molecule has 3 aromatic carbocycles. The molecule has 3 aliphatic rings. The highest BCUT2D eigenvalue weighted by Crippen LogP contribution is 2.34. The zero-order valence-electron chi connectivity index (χ0n) is 27.7. The van der Waals surface area contributed by atoms with Crippen LogP contribution in [0.4, 0.5) is 10.5 Å². The topological polar surface area (TPSA) is 151 Å². The van der Waals surface area contributed by atoms with Crippen LogP contribution in [0.25, 0.3) is 0 Å². The number of aliphatic hydroxyl groups excluding tert-OH is 1. The van der Waals surface area contributed by atoms with Gasteiger partial charge < -0.3 is 38.8 Å². The van der Waals surface area contributed by atoms with Crippen LogP contribution in [0, 0.1) is 22.0 Å². The molecule has 0 radical (unpaired) electrons. The molecule has 2 saturated heterocycles. The standard InChI is InChI=1S/C36H43N3O10/c1-23(2)17-38(18-25-8-11-32-33(16-25)48-22-47-32)19-31(40)30(37-36(41)49-34-21-46-35-29(34)12-13-44-35)15-24-6-9-28(10-7-24)45-20-26-4-3-5-27(14-26)39(42)43/h3-11,14,16,23,29-31,34-35,40H,12-13,15,17-22H2,1-2H3,(H,37,41). The summed E-state index contributed by atoms with van der Waals surface area (Å²) in [5.41, 5.74) is 2.58. The van der Waals surface area contributed by atoms with E-state index < -0.39 is 29.3 Å². The highest BCUT2D eigenvalue weighted by molar-refractivity contribution is 5.68. The molecular formula is C36H43N3O10. The fraction of sp³-hybridized carbons (Fsp3) is 0.472. The maximum absolute atomic E-state index is 13.3. The van der Waals surface area contributed by atoms with Gasteiger partial charge in [0.15, 0.2) is 17.8 Å². The van der Waals surface area contributed by atoms with Crippen molar-refractivity contribution in [2.24, 2.45) is 11.8 Å². The largest absolute Gasteiger partial charge is 0.489 e. The van der Waals surface area contributed by atoms with Crippen LogP contribution in [0.1, 0.15) is 37.0 Å². The number of carbonyl (C=O) groups excluding carboxylic acids is 1. The summed E-state index contributed by atoms with van der Waals surface area (Å²) < 4.78 is 33.9. The van der Waals surface area contributed by atoms with Gasteiger partial charge in [0.2, 0.25) is 6.79 Å². The number of nitro benzene ring substituents is 1. The number of ether oxygens (including phenoxy) is 6. The average molecular weight is 678 g/mol. The normalized spacial score (nSPS) is 20.6. The van der Waals surface area contributed by atoms with Gasteiger partial charge in [-0.05, 0) is 59.7 Å². The molecule has 262 valence electrons. The minimum Gasteiger partial charge on any atom is -0.489 e. The van der Waals surface area contributed by atoms with E-state index in [4.69, 9.17) is 28.4 Å². The smallest absolute Gasteiger partial charge is 0.407 e. The molecule has 3 aromatic rings. The average Bonchev–Trinajstić information content (AvgIpc) is 3.83. The van der Waals surface area contributed by atoms with E-state index in [1.807, 2.05) is 30.3 Å². The zero-order chi connectivity index (χ0) is 34.3. The molecule has 0 aromatic heterocycles. The van der Waals surface area contributed by atoms with Gasteiger partial charge in [0, 0.05) is 31.8 Å². The van der Waals surface area contributed by atoms with Gasteiger partial charge in [0.05, 0.1) is 36.2 Å². The quantitative estimate of drug-likeness (QED) is 0.168. The van der Waals surface area contributed by atoms with E-state index in [1.54, 1.807) is 24.3 Å². The molecule has 3 aliphatic heterocycles. The SMILES string of the molecule is CC(C)CN(Cc1ccc2c(c1)OCO2)CC(O)C(Cc1ccc(OCc2cccc([N+](=O)[O-])c2)cc1)NC(=O)OC1COC2OCCC12. The number of aliphatic hydroxyl groups is 1. The Kier molecular flexibility index (Phi) is 11.1. The number of nitro groups is 1. The third kappa shape index (κ3) is 9.18. The molecule has 1 amide bonds. The second-order valence-corrected chi connectivity index (χ2v) is 13.1. The monoisotopic (exact) mass is 677 g/mol. The maximum Gasteiger partial charge on any atom is 0.407 e. The predicted molar refractivity (Wildman–Crippen MR) is 177 cm³/mol. The first-order valence-electron chi connectivity index (χ1n) is 16.6. The Morgan fingerprint density at radius 1 is 1.02 bits per heavy atom. The number of benzene rings is 3. The summed E-state index contributed by atoms with van der Waals surface area (Å²) in [5.74, 6) is 2.32. The number of fused-ring (bicyclic) bond motifs is 2. The minimum atomic E-state index is -0.938. The first-order chi connectivity index (χ1) is 23.7. The van der Waals surface area contributed by atoms with E-state index in [0.29, 0.717) is 54.8 Å². The number of rotatable bonds is 15. The summed E-state index contributed by atoms with van der Waals surface area (Å²) in [5, 5.41) is 25.8. The Morgan fingerprint density at radius 2 is 1.82 bits per heavy atom. The summed E-state index contributed by atoms with van der Waals surface area (Å²) in [7, 11) is 0. The van der Waals surface area contributed by atoms with Crippen LogP contribution in [0.15, 0.2) is 66.7 Å². The number of nitrogens with one attached hydrogen (secondary N) is 1. The van der Waals surface area contributed by atoms with Gasteiger partial charge >= 0.3 is 6.09 Å². The molecule has 0 saturated carbocycles. The number of carbonyl (C=O) groups is 1. The van der Waals surface area contributed by atoms with Crippen molar-refractivity contribution in [3.8, 4) is 17.2 Å². The molecule has 13 nitrogen and oxygen atoms in total. The zero-order valence-corrected chi connectivity index (χ0v) is 27.7. The van der Waals surface area contributed by atoms with Crippen LogP contribution in [-0.2, 0) is 33.8 Å². The Balaban J connectivity index is 1.13. The summed E-state index contributed by atoms with van der Waals surface area (Å²) in [6.07, 6.45) is -1.24. The van der Waals surface area contributed by atoms with Crippen LogP contribution < -0.4 is 19.5 Å². The fourth-order valence-electron chi connectivity index (χ4n) is 6.47. The Morgan fingerprint density at radius 3 is 2.61 bits per heavy atom. The molecule has 5 atom stereocenters. The molecule has 0 aliphatic carbocycles. The highest BCUT2D eigenvalue weighted by Gasteiger charge is 2.44. The van der Waals surface area contributed by atoms with Gasteiger partial charge in [-0.15, -0.1) is 0 Å². The van der Waals surface area contributed by atoms with Crippen LogP contribution >= 0.6 is 0 Å². The van der Waals surface area contributed by atoms with E-state index in [2.05, 4.69) is 24.1 Å². The summed E-state index contributed by atoms with van der Waals surface area (Å²) in [4.78, 5) is 26.1. The third-order valence-electron chi connectivity index (χ3n) is 8.83. The summed E-state index contributed by atoms with van der Waals surface area (Å²) in [6.45, 7) is 7.04. The minimum absolute atomic E-state index is 0.00627. The van der Waals surface area contributed by atoms with Crippen LogP contribution in [-0.4, -0.2) is 78.7 Å². The Hall–Kier alpha value is -4.43. The number of hydrogen-bond acceptors (Lipinski definition) is 11. The molecule has 0 spiro atoms. The van der Waals surface area contributed by atoms with Crippen LogP contribution in [0.3, 0.4) is 0 Å². The summed E-state index contributed by atoms with van der Waals surface area (Å²) >= 11 is 0. The van der Waals surface area contributed by atoms with Gasteiger partial charge in [0.1, 0.15) is 18.5 Å². The highest BCUT2D eigenvalue weighted by atomic mass is 16.7. The van der Waals surface area contributed by atoms with Crippen molar-refractivity contribution in [2.75, 3.05) is 33.1 Å². The molecule has 5 unspecified atom stereocenters. The van der Waals surface area contributed by atoms with E-state index in [0.717, 1.165) is 24.1 Å². The van der Waals surface area contributed by atoms with Crippen molar-refractivity contribution in [3.05, 3.63) is 93.5 Å². The van der Waals surface area contributed by atoms with Crippen molar-refractivity contribution in [1.29, 1.82) is 0 Å². The Bertz CT molecular complexity index is 1590. The van der Waals surface area contributed by atoms with Crippen molar-refractivity contribution in [2.45, 2.75) is 64.4 Å². The molecule has 2 fully saturated rings. The number of non-ortho nitro benzene ring substituents is 1. The van der Waals surface area contributed by atoms with Crippen molar-refractivity contribution in [3.63, 3.8) is 0 Å². The van der Waals surface area contributed by atoms with Gasteiger partial charge in [-0.25, -0.2) is 4.79 Å². The van der Waals surface area contributed by atoms with E-state index in [1.165, 1.54) is 12.1 Å². The lowest BCUT2D eigenvalue weighted by molar-refractivity contribution is -0.384. The van der Waals surface area contributed by atoms with Gasteiger partial charge in [0.25, 0.3) is 5.69 Å². The fourth-order valence-corrected chi connectivity index (χ4v) is 6.47. The lowest BCUT2D eigenvalue weighted by atomic mass is 10.00. The van der Waals surface area contributed by atoms with Crippen LogP contribution in [0.5, 0.6) is 17.2 Å². The maximum atomic E-state index is 13.3.